The van der Waals surface area contributed by atoms with E-state index < -0.39 is 0 Å². The molecule has 0 saturated heterocycles. The molecule has 4 nitrogen and oxygen atoms in total. The lowest BCUT2D eigenvalue weighted by Crippen LogP contribution is -2.23. The highest BCUT2D eigenvalue weighted by atomic mass is 79.9. The topological polar surface area (TPSA) is 54.0 Å². The van der Waals surface area contributed by atoms with Crippen LogP contribution in [0.25, 0.3) is 0 Å². The summed E-state index contributed by atoms with van der Waals surface area (Å²) in [5, 5.41) is 8.22. The zero-order valence-electron chi connectivity index (χ0n) is 10.7. The number of amides is 1. The minimum atomic E-state index is -0.207. The van der Waals surface area contributed by atoms with Gasteiger partial charge in [0, 0.05) is 27.5 Å². The lowest BCUT2D eigenvalue weighted by Gasteiger charge is -2.08. The second-order valence-corrected chi connectivity index (χ2v) is 6.31. The maximum Gasteiger partial charge on any atom is 0.253 e. The number of nitrogens with one attached hydrogen (secondary N) is 2. The van der Waals surface area contributed by atoms with Gasteiger partial charge in [0.05, 0.1) is 17.1 Å². The fourth-order valence-corrected chi connectivity index (χ4v) is 3.18. The van der Waals surface area contributed by atoms with E-state index in [4.69, 9.17) is 11.6 Å². The standard InChI is InChI=1S/C13H13BrClN3OS/c1-2-16-12-4-10(11(15)6-17-12)13(19)18-5-9-3-8(14)7-20-9/h3-4,6-7H,2,5H2,1H3,(H,16,17)(H,18,19). The monoisotopic (exact) mass is 373 g/mol. The average Bonchev–Trinajstić information content (AvgIpc) is 2.84. The normalized spacial score (nSPS) is 10.3. The molecule has 0 aliphatic heterocycles. The van der Waals surface area contributed by atoms with Crippen LogP contribution in [-0.2, 0) is 6.54 Å². The van der Waals surface area contributed by atoms with E-state index in [9.17, 15) is 4.79 Å². The molecule has 0 fully saturated rings. The van der Waals surface area contributed by atoms with Crippen molar-refractivity contribution in [1.82, 2.24) is 10.3 Å². The van der Waals surface area contributed by atoms with Crippen LogP contribution in [0.5, 0.6) is 0 Å². The van der Waals surface area contributed by atoms with E-state index >= 15 is 0 Å². The van der Waals surface area contributed by atoms with E-state index in [1.165, 1.54) is 6.20 Å². The molecule has 0 spiro atoms. The number of aromatic nitrogens is 1. The third-order valence-corrected chi connectivity index (χ3v) is 4.50. The Morgan fingerprint density at radius 3 is 2.95 bits per heavy atom. The quantitative estimate of drug-likeness (QED) is 0.834. The molecule has 2 aromatic rings. The van der Waals surface area contributed by atoms with E-state index in [1.54, 1.807) is 17.4 Å². The molecule has 0 aromatic carbocycles. The average molecular weight is 375 g/mol. The molecule has 0 atom stereocenters. The number of rotatable bonds is 5. The van der Waals surface area contributed by atoms with Crippen LogP contribution in [0.15, 0.2) is 28.2 Å². The molecule has 0 saturated carbocycles. The van der Waals surface area contributed by atoms with Crippen molar-refractivity contribution in [2.24, 2.45) is 0 Å². The first-order chi connectivity index (χ1) is 9.60. The zero-order valence-corrected chi connectivity index (χ0v) is 13.9. The molecule has 7 heteroatoms. The van der Waals surface area contributed by atoms with Gasteiger partial charge in [0.1, 0.15) is 5.82 Å². The first kappa shape index (κ1) is 15.3. The summed E-state index contributed by atoms with van der Waals surface area (Å²) in [6.45, 7) is 3.17. The summed E-state index contributed by atoms with van der Waals surface area (Å²) >= 11 is 11.0. The highest BCUT2D eigenvalue weighted by molar-refractivity contribution is 9.10. The first-order valence-electron chi connectivity index (χ1n) is 6.00. The highest BCUT2D eigenvalue weighted by Gasteiger charge is 2.12. The van der Waals surface area contributed by atoms with Gasteiger partial charge in [-0.15, -0.1) is 11.3 Å². The van der Waals surface area contributed by atoms with Gasteiger partial charge in [-0.3, -0.25) is 4.79 Å². The second kappa shape index (κ2) is 7.06. The summed E-state index contributed by atoms with van der Waals surface area (Å²) in [6.07, 6.45) is 1.48. The van der Waals surface area contributed by atoms with Crippen molar-refractivity contribution in [1.29, 1.82) is 0 Å². The summed E-state index contributed by atoms with van der Waals surface area (Å²) in [5.41, 5.74) is 0.424. The van der Waals surface area contributed by atoms with E-state index in [0.717, 1.165) is 15.9 Å². The van der Waals surface area contributed by atoms with Crippen LogP contribution in [-0.4, -0.2) is 17.4 Å². The summed E-state index contributed by atoms with van der Waals surface area (Å²) in [6, 6.07) is 3.63. The molecule has 20 heavy (non-hydrogen) atoms. The van der Waals surface area contributed by atoms with E-state index in [0.29, 0.717) is 22.9 Å². The molecule has 2 rings (SSSR count). The number of pyridine rings is 1. The lowest BCUT2D eigenvalue weighted by atomic mass is 10.2. The first-order valence-corrected chi connectivity index (χ1v) is 8.05. The Hall–Kier alpha value is -1.11. The van der Waals surface area contributed by atoms with E-state index in [2.05, 4.69) is 31.5 Å². The number of hydrogen-bond acceptors (Lipinski definition) is 4. The Balaban J connectivity index is 2.06. The van der Waals surface area contributed by atoms with E-state index in [-0.39, 0.29) is 5.91 Å². The van der Waals surface area contributed by atoms with Crippen LogP contribution in [0, 0.1) is 0 Å². The molecule has 1 amide bonds. The SMILES string of the molecule is CCNc1cc(C(=O)NCc2cc(Br)cs2)c(Cl)cn1. The fourth-order valence-electron chi connectivity index (χ4n) is 1.60. The number of carbonyl (C=O) groups excluding carboxylic acids is 1. The number of halogens is 2. The number of anilines is 1. The lowest BCUT2D eigenvalue weighted by molar-refractivity contribution is 0.0951. The molecule has 0 unspecified atom stereocenters. The van der Waals surface area contributed by atoms with Crippen LogP contribution in [0.2, 0.25) is 5.02 Å². The van der Waals surface area contributed by atoms with Gasteiger partial charge in [0.25, 0.3) is 5.91 Å². The Kier molecular flexibility index (Phi) is 5.39. The van der Waals surface area contributed by atoms with Crippen molar-refractivity contribution >= 4 is 50.6 Å². The Morgan fingerprint density at radius 1 is 1.50 bits per heavy atom. The van der Waals surface area contributed by atoms with E-state index in [1.807, 2.05) is 18.4 Å². The van der Waals surface area contributed by atoms with Crippen molar-refractivity contribution < 1.29 is 4.79 Å². The molecule has 2 heterocycles. The third kappa shape index (κ3) is 3.94. The van der Waals surface area contributed by atoms with Crippen LogP contribution in [0.3, 0.4) is 0 Å². The van der Waals surface area contributed by atoms with Gasteiger partial charge < -0.3 is 10.6 Å². The van der Waals surface area contributed by atoms with Crippen molar-refractivity contribution in [2.75, 3.05) is 11.9 Å². The molecule has 106 valence electrons. The second-order valence-electron chi connectivity index (χ2n) is 3.99. The summed E-state index contributed by atoms with van der Waals surface area (Å²) in [7, 11) is 0. The number of nitrogens with zero attached hydrogens (tertiary/aromatic N) is 1. The minimum absolute atomic E-state index is 0.207. The molecular formula is C13H13BrClN3OS. The molecule has 2 aromatic heterocycles. The van der Waals surface area contributed by atoms with Crippen molar-refractivity contribution in [3.63, 3.8) is 0 Å². The largest absolute Gasteiger partial charge is 0.370 e. The third-order valence-electron chi connectivity index (χ3n) is 2.50. The summed E-state index contributed by atoms with van der Waals surface area (Å²) in [5.74, 6) is 0.432. The van der Waals surface area contributed by atoms with Crippen LogP contribution >= 0.6 is 38.9 Å². The highest BCUT2D eigenvalue weighted by Crippen LogP contribution is 2.21. The van der Waals surface area contributed by atoms with Crippen LogP contribution < -0.4 is 10.6 Å². The smallest absolute Gasteiger partial charge is 0.253 e. The maximum absolute atomic E-state index is 12.1. The van der Waals surface area contributed by atoms with Gasteiger partial charge >= 0.3 is 0 Å². The van der Waals surface area contributed by atoms with Gasteiger partial charge in [-0.2, -0.15) is 0 Å². The van der Waals surface area contributed by atoms with Crippen LogP contribution in [0.4, 0.5) is 5.82 Å². The van der Waals surface area contributed by atoms with Crippen LogP contribution in [0.1, 0.15) is 22.2 Å². The van der Waals surface area contributed by atoms with Gasteiger partial charge in [0.15, 0.2) is 0 Å². The minimum Gasteiger partial charge on any atom is -0.370 e. The van der Waals surface area contributed by atoms with Crippen molar-refractivity contribution in [3.05, 3.63) is 43.6 Å². The predicted molar refractivity (Wildman–Crippen MR) is 86.6 cm³/mol. The summed E-state index contributed by atoms with van der Waals surface area (Å²) < 4.78 is 1.02. The molecule has 2 N–H and O–H groups in total. The molecule has 0 bridgehead atoms. The van der Waals surface area contributed by atoms with Gasteiger partial charge in [0.2, 0.25) is 0 Å². The molecular weight excluding hydrogens is 362 g/mol. The maximum atomic E-state index is 12.1. The molecule has 0 aliphatic carbocycles. The predicted octanol–water partition coefficient (Wildman–Crippen LogP) is 3.92. The number of thiophene rings is 1. The van der Waals surface area contributed by atoms with Crippen molar-refractivity contribution in [3.8, 4) is 0 Å². The van der Waals surface area contributed by atoms with Gasteiger partial charge in [-0.05, 0) is 35.0 Å². The number of carbonyl (C=O) groups is 1. The Labute approximate surface area is 134 Å². The Morgan fingerprint density at radius 2 is 2.30 bits per heavy atom. The molecule has 0 aliphatic rings. The van der Waals surface area contributed by atoms with Gasteiger partial charge in [-0.25, -0.2) is 4.98 Å². The van der Waals surface area contributed by atoms with Gasteiger partial charge in [-0.1, -0.05) is 11.6 Å². The molecule has 0 radical (unpaired) electrons. The number of hydrogen-bond donors (Lipinski definition) is 2. The fraction of sp³-hybridized carbons (Fsp3) is 0.231. The Bertz CT molecular complexity index is 617. The van der Waals surface area contributed by atoms with Crippen molar-refractivity contribution in [2.45, 2.75) is 13.5 Å². The summed E-state index contributed by atoms with van der Waals surface area (Å²) in [4.78, 5) is 17.3. The zero-order chi connectivity index (χ0) is 14.5.